The summed E-state index contributed by atoms with van der Waals surface area (Å²) in [6.45, 7) is 3.68. The van der Waals surface area contributed by atoms with Crippen LogP contribution in [0.4, 0.5) is 0 Å². The van der Waals surface area contributed by atoms with Crippen molar-refractivity contribution < 1.29 is 93.3 Å². The van der Waals surface area contributed by atoms with Crippen LogP contribution in [0.5, 0.6) is 17.2 Å². The van der Waals surface area contributed by atoms with Crippen LogP contribution in [0, 0.1) is 84.9 Å². The van der Waals surface area contributed by atoms with Crippen LogP contribution in [0.15, 0.2) is 109 Å². The zero-order valence-electron chi connectivity index (χ0n) is 38.5. The topological polar surface area (TPSA) is 196 Å². The SMILES string of the molecule is COc1ccc(C#Cc2cc(CN3CCN(Cc4cc(C#Cc5ccc(OC)cc5)cc(C(=O)[O-])n4)CCN(Cc4cc(C#Cc5ccc(OC)cc5)cc(C(=O)[O-])n4)CC3)nc(C(=O)[O-])c2)cc1.[Eu+3]. The van der Waals surface area contributed by atoms with E-state index < -0.39 is 17.9 Å². The number of carboxylic acid groups (broad SMARTS) is 3. The fraction of sp³-hybridized carbons (Fsp3) is 0.222. The number of nitrogens with zero attached hydrogens (tertiary/aromatic N) is 6. The molecule has 4 heterocycles. The van der Waals surface area contributed by atoms with Gasteiger partial charge in [0.25, 0.3) is 0 Å². The van der Waals surface area contributed by atoms with Gasteiger partial charge in [0, 0.05) is 92.3 Å². The molecule has 0 spiro atoms. The first kappa shape index (κ1) is 52.4. The minimum atomic E-state index is -1.44. The molecule has 0 amide bonds. The van der Waals surface area contributed by atoms with Gasteiger partial charge in [0.15, 0.2) is 0 Å². The molecule has 15 nitrogen and oxygen atoms in total. The predicted molar refractivity (Wildman–Crippen MR) is 248 cm³/mol. The first-order valence-corrected chi connectivity index (χ1v) is 21.7. The number of aromatic carboxylic acids is 3. The molecule has 352 valence electrons. The summed E-state index contributed by atoms with van der Waals surface area (Å²) in [7, 11) is 4.72. The number of benzene rings is 3. The van der Waals surface area contributed by atoms with Crippen molar-refractivity contribution in [1.82, 2.24) is 29.7 Å². The normalized spacial score (nSPS) is 12.9. The van der Waals surface area contributed by atoms with Gasteiger partial charge in [0.1, 0.15) is 17.2 Å². The number of carbonyl (C=O) groups excluding carboxylic acids is 3. The number of methoxy groups -OCH3 is 3. The molecule has 0 N–H and O–H groups in total. The largest absolute Gasteiger partial charge is 3.00 e. The van der Waals surface area contributed by atoms with Gasteiger partial charge < -0.3 is 43.9 Å². The number of aromatic nitrogens is 3. The average molecular weight is 1070 g/mol. The molecule has 0 bridgehead atoms. The summed E-state index contributed by atoms with van der Waals surface area (Å²) >= 11 is 0. The van der Waals surface area contributed by atoms with Crippen molar-refractivity contribution >= 4 is 17.9 Å². The van der Waals surface area contributed by atoms with Crippen LogP contribution in [0.2, 0.25) is 0 Å². The first-order chi connectivity index (χ1) is 33.4. The van der Waals surface area contributed by atoms with E-state index in [9.17, 15) is 29.7 Å². The minimum Gasteiger partial charge on any atom is -0.543 e. The summed E-state index contributed by atoms with van der Waals surface area (Å²) in [4.78, 5) is 56.2. The van der Waals surface area contributed by atoms with Gasteiger partial charge in [-0.1, -0.05) is 35.5 Å². The molecular formula is C54H45EuN6O9. The summed E-state index contributed by atoms with van der Waals surface area (Å²) < 4.78 is 15.7. The van der Waals surface area contributed by atoms with E-state index in [1.807, 2.05) is 0 Å². The zero-order chi connectivity index (χ0) is 48.7. The third-order valence-corrected chi connectivity index (χ3v) is 10.9. The Kier molecular flexibility index (Phi) is 19.2. The number of ether oxygens (including phenoxy) is 3. The monoisotopic (exact) mass is 1070 g/mol. The van der Waals surface area contributed by atoms with Crippen LogP contribution in [-0.4, -0.2) is 108 Å². The van der Waals surface area contributed by atoms with Crippen LogP contribution in [0.1, 0.15) is 81.9 Å². The maximum Gasteiger partial charge on any atom is 3.00 e. The number of carbonyl (C=O) groups is 3. The Morgan fingerprint density at radius 3 is 0.857 bits per heavy atom. The summed E-state index contributed by atoms with van der Waals surface area (Å²) in [6, 6.07) is 30.9. The van der Waals surface area contributed by atoms with E-state index in [0.29, 0.717) is 107 Å². The standard InChI is InChI=1S/C54H48N6O9.Eu/c1-67-46-16-10-37(11-17-46)4-7-40-28-43(55-49(31-40)52(61)62)34-58-22-24-59(35-44-29-41(32-50(56-44)53(63)64)8-5-38-12-18-47(68-2)19-13-38)26-27-60(25-23-58)36-45-30-42(33-51(57-45)54(65)66)9-6-39-14-20-48(69-3)21-15-39;/h10-21,28-33H,22-27,34-36H2,1-3H3,(H,61,62)(H,63,64)(H,65,66);/q;+3/p-3. The Morgan fingerprint density at radius 2 is 0.643 bits per heavy atom. The Labute approximate surface area is 447 Å². The van der Waals surface area contributed by atoms with Gasteiger partial charge in [-0.3, -0.25) is 29.7 Å². The smallest absolute Gasteiger partial charge is 0.543 e. The second-order valence-corrected chi connectivity index (χ2v) is 15.8. The Balaban J connectivity index is 0.00000804. The van der Waals surface area contributed by atoms with E-state index in [4.69, 9.17) is 14.2 Å². The van der Waals surface area contributed by atoms with E-state index in [2.05, 4.69) is 65.2 Å². The van der Waals surface area contributed by atoms with E-state index in [0.717, 1.165) is 0 Å². The molecule has 0 unspecified atom stereocenters. The van der Waals surface area contributed by atoms with Crippen molar-refractivity contribution in [3.63, 3.8) is 0 Å². The van der Waals surface area contributed by atoms with Crippen LogP contribution >= 0.6 is 0 Å². The maximum absolute atomic E-state index is 12.2. The van der Waals surface area contributed by atoms with Gasteiger partial charge in [-0.05, 0) is 109 Å². The van der Waals surface area contributed by atoms with Crippen LogP contribution in [0.25, 0.3) is 0 Å². The fourth-order valence-electron chi connectivity index (χ4n) is 7.34. The third-order valence-electron chi connectivity index (χ3n) is 10.9. The fourth-order valence-corrected chi connectivity index (χ4v) is 7.34. The molecule has 0 saturated carbocycles. The summed E-state index contributed by atoms with van der Waals surface area (Å²) in [5, 5.41) is 36.6. The van der Waals surface area contributed by atoms with Gasteiger partial charge in [0.05, 0.1) is 73.4 Å². The van der Waals surface area contributed by atoms with Crippen molar-refractivity contribution in [2.24, 2.45) is 0 Å². The molecule has 0 radical (unpaired) electrons. The number of hydrogen-bond donors (Lipinski definition) is 0. The Hall–Kier alpha value is -6.94. The molecule has 70 heavy (non-hydrogen) atoms. The zero-order valence-corrected chi connectivity index (χ0v) is 40.9. The van der Waals surface area contributed by atoms with E-state index >= 15 is 0 Å². The molecule has 3 aromatic heterocycles. The predicted octanol–water partition coefficient (Wildman–Crippen LogP) is 2.01. The van der Waals surface area contributed by atoms with Crippen LogP contribution in [0.3, 0.4) is 0 Å². The Bertz CT molecular complexity index is 2690. The molecule has 6 aromatic rings. The van der Waals surface area contributed by atoms with Gasteiger partial charge in [0.2, 0.25) is 0 Å². The molecule has 3 aromatic carbocycles. The van der Waals surface area contributed by atoms with Crippen molar-refractivity contribution in [2.45, 2.75) is 19.6 Å². The van der Waals surface area contributed by atoms with Crippen molar-refractivity contribution in [2.75, 3.05) is 60.6 Å². The number of rotatable bonds is 12. The first-order valence-electron chi connectivity index (χ1n) is 21.7. The average Bonchev–Trinajstić information content (AvgIpc) is 3.45. The van der Waals surface area contributed by atoms with Gasteiger partial charge >= 0.3 is 49.4 Å². The second-order valence-electron chi connectivity index (χ2n) is 15.8. The van der Waals surface area contributed by atoms with E-state index in [1.54, 1.807) is 112 Å². The summed E-state index contributed by atoms with van der Waals surface area (Å²) in [6.07, 6.45) is 0. The molecule has 1 aliphatic heterocycles. The maximum atomic E-state index is 12.2. The van der Waals surface area contributed by atoms with E-state index in [1.165, 1.54) is 18.2 Å². The molecule has 16 heteroatoms. The summed E-state index contributed by atoms with van der Waals surface area (Å²) in [5.74, 6) is 16.1. The molecular weight excluding hydrogens is 1030 g/mol. The van der Waals surface area contributed by atoms with Gasteiger partial charge in [-0.2, -0.15) is 0 Å². The van der Waals surface area contributed by atoms with Gasteiger partial charge in [-0.15, -0.1) is 0 Å². The molecule has 0 atom stereocenters. The third kappa shape index (κ3) is 15.5. The molecule has 1 fully saturated rings. The minimum absolute atomic E-state index is 0. The quantitative estimate of drug-likeness (QED) is 0.161. The van der Waals surface area contributed by atoms with Crippen molar-refractivity contribution in [1.29, 1.82) is 0 Å². The molecule has 0 aliphatic carbocycles. The van der Waals surface area contributed by atoms with Crippen molar-refractivity contribution in [3.05, 3.63) is 177 Å². The van der Waals surface area contributed by atoms with E-state index in [-0.39, 0.29) is 86.1 Å². The molecule has 7 rings (SSSR count). The van der Waals surface area contributed by atoms with Crippen LogP contribution in [-0.2, 0) is 19.6 Å². The van der Waals surface area contributed by atoms with Gasteiger partial charge in [-0.25, -0.2) is 0 Å². The van der Waals surface area contributed by atoms with Crippen LogP contribution < -0.4 is 29.5 Å². The Morgan fingerprint density at radius 1 is 0.414 bits per heavy atom. The number of carboxylic acids is 3. The molecule has 1 aliphatic rings. The van der Waals surface area contributed by atoms with Crippen molar-refractivity contribution in [3.8, 4) is 52.8 Å². The number of hydrogen-bond acceptors (Lipinski definition) is 15. The summed E-state index contributed by atoms with van der Waals surface area (Å²) in [5.41, 5.74) is 4.05. The second kappa shape index (κ2) is 25.6. The molecule has 1 saturated heterocycles. The number of pyridine rings is 3.